The number of hydrogen-bond donors (Lipinski definition) is 1. The summed E-state index contributed by atoms with van der Waals surface area (Å²) in [6, 6.07) is 1.94. The van der Waals surface area contributed by atoms with Crippen molar-refractivity contribution in [3.8, 4) is 0 Å². The summed E-state index contributed by atoms with van der Waals surface area (Å²) < 4.78 is 1.64. The van der Waals surface area contributed by atoms with E-state index >= 15 is 0 Å². The number of likely N-dealkylation sites (N-methyl/N-ethyl adjacent to an activating group) is 1. The van der Waals surface area contributed by atoms with E-state index in [-0.39, 0.29) is 0 Å². The van der Waals surface area contributed by atoms with Crippen LogP contribution in [-0.2, 0) is 0 Å². The summed E-state index contributed by atoms with van der Waals surface area (Å²) in [5.74, 6) is 0. The minimum atomic E-state index is 0.813. The molecule has 0 unspecified atom stereocenters. The first kappa shape index (κ1) is 12.7. The summed E-state index contributed by atoms with van der Waals surface area (Å²) in [6.07, 6.45) is 1.21. The quantitative estimate of drug-likeness (QED) is 0.738. The van der Waals surface area contributed by atoms with Crippen molar-refractivity contribution >= 4 is 30.1 Å². The van der Waals surface area contributed by atoms with Crippen LogP contribution in [0.3, 0.4) is 0 Å². The van der Waals surface area contributed by atoms with E-state index in [1.807, 2.05) is 6.07 Å². The highest BCUT2D eigenvalue weighted by Crippen LogP contribution is 2.16. The van der Waals surface area contributed by atoms with Crippen molar-refractivity contribution in [2.45, 2.75) is 20.3 Å². The van der Waals surface area contributed by atoms with Crippen molar-refractivity contribution in [1.29, 1.82) is 0 Å². The molecule has 0 saturated carbocycles. The van der Waals surface area contributed by atoms with Gasteiger partial charge in [0.2, 0.25) is 0 Å². The van der Waals surface area contributed by atoms with E-state index in [0.29, 0.717) is 0 Å². The second-order valence-corrected chi connectivity index (χ2v) is 4.46. The average Bonchev–Trinajstić information content (AvgIpc) is 2.26. The van der Waals surface area contributed by atoms with Gasteiger partial charge in [-0.25, -0.2) is 0 Å². The van der Waals surface area contributed by atoms with Crippen LogP contribution in [0.15, 0.2) is 6.07 Å². The molecular formula is C11H18N2S2. The van der Waals surface area contributed by atoms with Gasteiger partial charge in [0.1, 0.15) is 0 Å². The summed E-state index contributed by atoms with van der Waals surface area (Å²) in [7, 11) is 0. The van der Waals surface area contributed by atoms with Crippen LogP contribution in [0.2, 0.25) is 0 Å². The van der Waals surface area contributed by atoms with Gasteiger partial charge in [-0.1, -0.05) is 38.3 Å². The highest BCUT2D eigenvalue weighted by Gasteiger charge is 2.03. The maximum Gasteiger partial charge on any atom is 0.0790 e. The minimum absolute atomic E-state index is 0.813. The Morgan fingerprint density at radius 1 is 1.27 bits per heavy atom. The van der Waals surface area contributed by atoms with Crippen molar-refractivity contribution < 1.29 is 0 Å². The lowest BCUT2D eigenvalue weighted by molar-refractivity contribution is 0.300. The van der Waals surface area contributed by atoms with Crippen molar-refractivity contribution in [3.05, 3.63) is 15.1 Å². The van der Waals surface area contributed by atoms with Crippen LogP contribution in [0.5, 0.6) is 0 Å². The monoisotopic (exact) mass is 242 g/mol. The summed E-state index contributed by atoms with van der Waals surface area (Å²) in [4.78, 5) is 2.42. The molecule has 0 fully saturated rings. The zero-order chi connectivity index (χ0) is 11.3. The lowest BCUT2D eigenvalue weighted by Gasteiger charge is -2.20. The molecule has 0 spiro atoms. The van der Waals surface area contributed by atoms with Gasteiger partial charge in [-0.3, -0.25) is 0 Å². The van der Waals surface area contributed by atoms with Crippen molar-refractivity contribution in [1.82, 2.24) is 4.90 Å². The molecule has 0 atom stereocenters. The maximum atomic E-state index is 5.10. The van der Waals surface area contributed by atoms with E-state index < -0.39 is 0 Å². The van der Waals surface area contributed by atoms with Crippen LogP contribution in [0.25, 0.3) is 0 Å². The van der Waals surface area contributed by atoms with Gasteiger partial charge in [0, 0.05) is 13.1 Å². The Morgan fingerprint density at radius 3 is 2.47 bits per heavy atom. The molecule has 0 bridgehead atoms. The Kier molecular flexibility index (Phi) is 5.36. The predicted molar refractivity (Wildman–Crippen MR) is 71.4 cm³/mol. The molecule has 1 N–H and O–H groups in total. The van der Waals surface area contributed by atoms with Crippen molar-refractivity contribution in [2.24, 2.45) is 0 Å². The Bertz CT molecular complexity index is 366. The molecule has 0 aliphatic heterocycles. The number of anilines is 1. The summed E-state index contributed by atoms with van der Waals surface area (Å²) in [5, 5.41) is 3.31. The third-order valence-corrected chi connectivity index (χ3v) is 3.37. The second-order valence-electron chi connectivity index (χ2n) is 3.61. The van der Waals surface area contributed by atoms with E-state index in [2.05, 4.69) is 24.1 Å². The highest BCUT2D eigenvalue weighted by atomic mass is 32.1. The smallest absolute Gasteiger partial charge is 0.0790 e. The van der Waals surface area contributed by atoms with Crippen molar-refractivity contribution in [2.75, 3.05) is 31.5 Å². The van der Waals surface area contributed by atoms with E-state index in [1.54, 1.807) is 0 Å². The molecule has 1 rings (SSSR count). The van der Waals surface area contributed by atoms with E-state index in [0.717, 1.165) is 34.3 Å². The third-order valence-electron chi connectivity index (χ3n) is 2.47. The summed E-state index contributed by atoms with van der Waals surface area (Å²) >= 11 is 10.1. The van der Waals surface area contributed by atoms with Crippen LogP contribution in [-0.4, -0.2) is 31.1 Å². The molecule has 0 aliphatic rings. The van der Waals surface area contributed by atoms with Gasteiger partial charge in [0.05, 0.1) is 14.7 Å². The highest BCUT2D eigenvalue weighted by molar-refractivity contribution is 7.74. The van der Waals surface area contributed by atoms with Gasteiger partial charge >= 0.3 is 0 Å². The largest absolute Gasteiger partial charge is 0.383 e. The molecule has 84 valence electrons. The SMILES string of the molecule is CCCN(CC)CCNc1cc(=S)c1=S. The van der Waals surface area contributed by atoms with Crippen LogP contribution in [0, 0.1) is 9.02 Å². The zero-order valence-corrected chi connectivity index (χ0v) is 11.0. The lowest BCUT2D eigenvalue weighted by Crippen LogP contribution is -2.29. The van der Waals surface area contributed by atoms with Gasteiger partial charge in [-0.05, 0) is 25.6 Å². The van der Waals surface area contributed by atoms with Gasteiger partial charge in [-0.2, -0.15) is 0 Å². The average molecular weight is 242 g/mol. The summed E-state index contributed by atoms with van der Waals surface area (Å²) in [5.41, 5.74) is 1.04. The third kappa shape index (κ3) is 3.63. The van der Waals surface area contributed by atoms with Crippen LogP contribution in [0.1, 0.15) is 20.3 Å². The maximum absolute atomic E-state index is 5.10. The van der Waals surface area contributed by atoms with Crippen molar-refractivity contribution in [3.63, 3.8) is 0 Å². The van der Waals surface area contributed by atoms with Gasteiger partial charge in [0.25, 0.3) is 0 Å². The molecule has 0 heterocycles. The fraction of sp³-hybridized carbons (Fsp3) is 0.636. The topological polar surface area (TPSA) is 15.3 Å². The first-order chi connectivity index (χ1) is 7.19. The Morgan fingerprint density at radius 2 is 2.00 bits per heavy atom. The second kappa shape index (κ2) is 6.30. The molecule has 0 saturated heterocycles. The molecule has 0 aromatic heterocycles. The molecule has 0 radical (unpaired) electrons. The fourth-order valence-corrected chi connectivity index (χ4v) is 1.96. The van der Waals surface area contributed by atoms with Crippen LogP contribution in [0.4, 0.5) is 5.69 Å². The van der Waals surface area contributed by atoms with E-state index in [9.17, 15) is 0 Å². The van der Waals surface area contributed by atoms with E-state index in [4.69, 9.17) is 24.4 Å². The van der Waals surface area contributed by atoms with E-state index in [1.165, 1.54) is 13.0 Å². The molecule has 0 aliphatic carbocycles. The number of hydrogen-bond acceptors (Lipinski definition) is 4. The minimum Gasteiger partial charge on any atom is -0.383 e. The number of nitrogens with zero attached hydrogens (tertiary/aromatic N) is 1. The lowest BCUT2D eigenvalue weighted by atomic mass is 10.3. The molecule has 1 aromatic rings. The molecule has 2 nitrogen and oxygen atoms in total. The zero-order valence-electron chi connectivity index (χ0n) is 9.38. The Labute approximate surface area is 102 Å². The predicted octanol–water partition coefficient (Wildman–Crippen LogP) is 3.16. The number of nitrogens with one attached hydrogen (secondary N) is 1. The molecular weight excluding hydrogens is 224 g/mol. The first-order valence-electron chi connectivity index (χ1n) is 5.45. The standard InChI is InChI=1S/C11H18N2S2/c1-3-6-13(4-2)7-5-12-9-8-10(14)11(9)15/h8,12H,3-7H2,1-2H3. The van der Waals surface area contributed by atoms with Crippen LogP contribution >= 0.6 is 24.4 Å². The Balaban J connectivity index is 2.24. The molecule has 1 aromatic carbocycles. The molecule has 15 heavy (non-hydrogen) atoms. The van der Waals surface area contributed by atoms with Crippen LogP contribution < -0.4 is 5.32 Å². The normalized spacial score (nSPS) is 11.1. The fourth-order valence-electron chi connectivity index (χ4n) is 1.54. The number of rotatable bonds is 7. The Hall–Kier alpha value is -0.320. The van der Waals surface area contributed by atoms with Gasteiger partial charge < -0.3 is 10.2 Å². The first-order valence-corrected chi connectivity index (χ1v) is 6.27. The molecule has 4 heteroatoms. The molecule has 0 amide bonds. The van der Waals surface area contributed by atoms with Gasteiger partial charge in [0.15, 0.2) is 0 Å². The summed E-state index contributed by atoms with van der Waals surface area (Å²) in [6.45, 7) is 8.69. The van der Waals surface area contributed by atoms with Gasteiger partial charge in [-0.15, -0.1) is 0 Å².